The third-order valence-corrected chi connectivity index (χ3v) is 4.96. The van der Waals surface area contributed by atoms with Gasteiger partial charge < -0.3 is 39.7 Å². The van der Waals surface area contributed by atoms with Gasteiger partial charge in [0.2, 0.25) is 0 Å². The predicted octanol–water partition coefficient (Wildman–Crippen LogP) is 0.743. The van der Waals surface area contributed by atoms with Crippen LogP contribution in [0, 0.1) is 11.3 Å². The number of phenols is 2. The zero-order chi connectivity index (χ0) is 24.0. The second kappa shape index (κ2) is 10.9. The molecular weight excluding hydrogens is 434 g/mol. The quantitative estimate of drug-likeness (QED) is 0.227. The van der Waals surface area contributed by atoms with Gasteiger partial charge in [0.25, 0.3) is 0 Å². The number of nitrogens with zero attached hydrogens (tertiary/aromatic N) is 1. The fraction of sp³-hybridized carbons (Fsp3) is 0.304. The lowest BCUT2D eigenvalue weighted by Gasteiger charge is -2.40. The molecule has 10 nitrogen and oxygen atoms in total. The Morgan fingerprint density at radius 1 is 1.06 bits per heavy atom. The second-order valence-electron chi connectivity index (χ2n) is 7.28. The van der Waals surface area contributed by atoms with E-state index in [1.54, 1.807) is 30.3 Å². The van der Waals surface area contributed by atoms with Crippen LogP contribution in [0.2, 0.25) is 0 Å². The lowest BCUT2D eigenvalue weighted by Crippen LogP contribution is -2.59. The van der Waals surface area contributed by atoms with Crippen molar-refractivity contribution in [3.63, 3.8) is 0 Å². The minimum absolute atomic E-state index is 0.304. The number of benzene rings is 2. The van der Waals surface area contributed by atoms with Crippen molar-refractivity contribution in [3.05, 3.63) is 65.7 Å². The van der Waals surface area contributed by atoms with Crippen molar-refractivity contribution in [1.82, 2.24) is 0 Å². The Hall–Kier alpha value is -3.46. The number of ether oxygens (including phenoxy) is 3. The molecule has 0 saturated carbocycles. The lowest BCUT2D eigenvalue weighted by molar-refractivity contribution is -0.308. The lowest BCUT2D eigenvalue weighted by atomic mass is 9.99. The first-order valence-electron chi connectivity index (χ1n) is 9.96. The molecular formula is C23H23NO9. The number of aromatic hydroxyl groups is 2. The number of hydrogen-bond acceptors (Lipinski definition) is 10. The van der Waals surface area contributed by atoms with E-state index in [0.29, 0.717) is 11.1 Å². The summed E-state index contributed by atoms with van der Waals surface area (Å²) < 4.78 is 16.0. The maximum atomic E-state index is 12.0. The van der Waals surface area contributed by atoms with Crippen LogP contribution >= 0.6 is 0 Å². The SMILES string of the molecule is N#CC(OC1OC(COC(=O)/C=C/c2ccc(O)c(O)c2)C(O)C(O)C1O)c1ccccc1. The normalized spacial score (nSPS) is 25.9. The van der Waals surface area contributed by atoms with Gasteiger partial charge in [-0.2, -0.15) is 5.26 Å². The highest BCUT2D eigenvalue weighted by molar-refractivity contribution is 5.87. The van der Waals surface area contributed by atoms with E-state index in [1.165, 1.54) is 24.3 Å². The molecule has 2 aromatic rings. The summed E-state index contributed by atoms with van der Waals surface area (Å²) in [5, 5.41) is 58.8. The molecule has 6 unspecified atom stereocenters. The predicted molar refractivity (Wildman–Crippen MR) is 112 cm³/mol. The highest BCUT2D eigenvalue weighted by atomic mass is 16.7. The highest BCUT2D eigenvalue weighted by Gasteiger charge is 2.45. The fourth-order valence-electron chi connectivity index (χ4n) is 3.13. The number of esters is 1. The van der Waals surface area contributed by atoms with Gasteiger partial charge in [-0.05, 0) is 29.3 Å². The molecule has 0 radical (unpaired) electrons. The number of carbonyl (C=O) groups is 1. The maximum absolute atomic E-state index is 12.0. The van der Waals surface area contributed by atoms with Crippen LogP contribution in [0.15, 0.2) is 54.6 Å². The van der Waals surface area contributed by atoms with Crippen LogP contribution < -0.4 is 0 Å². The number of hydrogen-bond donors (Lipinski definition) is 5. The Labute approximate surface area is 189 Å². The molecule has 5 N–H and O–H groups in total. The first-order valence-corrected chi connectivity index (χ1v) is 9.96. The van der Waals surface area contributed by atoms with E-state index in [0.717, 1.165) is 6.08 Å². The van der Waals surface area contributed by atoms with Crippen molar-refractivity contribution in [2.75, 3.05) is 6.61 Å². The zero-order valence-corrected chi connectivity index (χ0v) is 17.3. The van der Waals surface area contributed by atoms with Crippen LogP contribution in [0.5, 0.6) is 11.5 Å². The summed E-state index contributed by atoms with van der Waals surface area (Å²) in [4.78, 5) is 12.0. The molecule has 1 aliphatic heterocycles. The molecule has 0 spiro atoms. The first kappa shape index (κ1) is 24.2. The van der Waals surface area contributed by atoms with E-state index in [4.69, 9.17) is 14.2 Å². The van der Waals surface area contributed by atoms with Gasteiger partial charge in [-0.25, -0.2) is 4.79 Å². The van der Waals surface area contributed by atoms with Gasteiger partial charge in [-0.1, -0.05) is 36.4 Å². The summed E-state index contributed by atoms with van der Waals surface area (Å²) in [5.41, 5.74) is 0.927. The second-order valence-corrected chi connectivity index (χ2v) is 7.28. The Balaban J connectivity index is 1.61. The summed E-state index contributed by atoms with van der Waals surface area (Å²) in [7, 11) is 0. The first-order chi connectivity index (χ1) is 15.8. The molecule has 2 aromatic carbocycles. The minimum Gasteiger partial charge on any atom is -0.504 e. The number of aliphatic hydroxyl groups is 3. The molecule has 3 rings (SSSR count). The smallest absolute Gasteiger partial charge is 0.330 e. The van der Waals surface area contributed by atoms with Crippen LogP contribution in [0.3, 0.4) is 0 Å². The van der Waals surface area contributed by atoms with Gasteiger partial charge in [0.15, 0.2) is 23.9 Å². The van der Waals surface area contributed by atoms with Crippen molar-refractivity contribution in [2.45, 2.75) is 36.8 Å². The molecule has 0 aliphatic carbocycles. The van der Waals surface area contributed by atoms with Crippen molar-refractivity contribution in [2.24, 2.45) is 0 Å². The average Bonchev–Trinajstić information content (AvgIpc) is 2.82. The minimum atomic E-state index is -1.67. The number of carbonyl (C=O) groups excluding carboxylic acids is 1. The standard InChI is InChI=1S/C23H23NO9/c24-11-17(14-4-2-1-3-5-14)32-23-22(30)21(29)20(28)18(33-23)12-31-19(27)9-7-13-6-8-15(25)16(26)10-13/h1-10,17-18,20-23,25-26,28-30H,12H2/b9-7+. The summed E-state index contributed by atoms with van der Waals surface area (Å²) >= 11 is 0. The van der Waals surface area contributed by atoms with Crippen LogP contribution in [0.4, 0.5) is 0 Å². The molecule has 6 atom stereocenters. The largest absolute Gasteiger partial charge is 0.504 e. The average molecular weight is 457 g/mol. The van der Waals surface area contributed by atoms with Crippen LogP contribution in [0.1, 0.15) is 17.2 Å². The van der Waals surface area contributed by atoms with Crippen molar-refractivity contribution >= 4 is 12.0 Å². The molecule has 10 heteroatoms. The summed E-state index contributed by atoms with van der Waals surface area (Å²) in [6.07, 6.45) is -6.31. The number of rotatable bonds is 7. The van der Waals surface area contributed by atoms with Crippen molar-refractivity contribution in [1.29, 1.82) is 5.26 Å². The molecule has 1 aliphatic rings. The molecule has 0 bridgehead atoms. The number of phenolic OH excluding ortho intramolecular Hbond substituents is 2. The van der Waals surface area contributed by atoms with Crippen molar-refractivity contribution in [3.8, 4) is 17.6 Å². The van der Waals surface area contributed by atoms with Gasteiger partial charge in [0.1, 0.15) is 31.0 Å². The Bertz CT molecular complexity index is 1020. The van der Waals surface area contributed by atoms with Gasteiger partial charge in [0, 0.05) is 6.08 Å². The number of aliphatic hydroxyl groups excluding tert-OH is 3. The monoisotopic (exact) mass is 457 g/mol. The third-order valence-electron chi connectivity index (χ3n) is 4.96. The molecule has 174 valence electrons. The third kappa shape index (κ3) is 6.07. The van der Waals surface area contributed by atoms with E-state index in [2.05, 4.69) is 0 Å². The topological polar surface area (TPSA) is 170 Å². The van der Waals surface area contributed by atoms with Crippen LogP contribution in [-0.4, -0.2) is 68.8 Å². The van der Waals surface area contributed by atoms with Crippen LogP contribution in [-0.2, 0) is 19.0 Å². The molecule has 33 heavy (non-hydrogen) atoms. The van der Waals surface area contributed by atoms with E-state index < -0.39 is 49.4 Å². The van der Waals surface area contributed by atoms with Crippen molar-refractivity contribution < 1.29 is 44.5 Å². The Kier molecular flexibility index (Phi) is 8.00. The summed E-state index contributed by atoms with van der Waals surface area (Å²) in [6.45, 7) is -0.475. The van der Waals surface area contributed by atoms with Gasteiger partial charge in [0.05, 0.1) is 6.07 Å². The summed E-state index contributed by atoms with van der Waals surface area (Å²) in [6, 6.07) is 14.3. The van der Waals surface area contributed by atoms with Crippen LogP contribution in [0.25, 0.3) is 6.08 Å². The highest BCUT2D eigenvalue weighted by Crippen LogP contribution is 2.28. The molecule has 0 aromatic heterocycles. The van der Waals surface area contributed by atoms with E-state index >= 15 is 0 Å². The van der Waals surface area contributed by atoms with E-state index in [-0.39, 0.29) is 11.5 Å². The zero-order valence-electron chi connectivity index (χ0n) is 17.3. The Morgan fingerprint density at radius 3 is 2.45 bits per heavy atom. The maximum Gasteiger partial charge on any atom is 0.330 e. The summed E-state index contributed by atoms with van der Waals surface area (Å²) in [5.74, 6) is -1.47. The molecule has 1 heterocycles. The van der Waals surface area contributed by atoms with Gasteiger partial charge >= 0.3 is 5.97 Å². The number of nitriles is 1. The molecule has 1 fully saturated rings. The fourth-order valence-corrected chi connectivity index (χ4v) is 3.13. The van der Waals surface area contributed by atoms with Gasteiger partial charge in [-0.3, -0.25) is 0 Å². The molecule has 0 amide bonds. The van der Waals surface area contributed by atoms with E-state index in [9.17, 15) is 35.6 Å². The van der Waals surface area contributed by atoms with E-state index in [1.807, 2.05) is 6.07 Å². The Morgan fingerprint density at radius 2 is 1.79 bits per heavy atom. The molecule has 1 saturated heterocycles. The van der Waals surface area contributed by atoms with Gasteiger partial charge in [-0.15, -0.1) is 0 Å².